The highest BCUT2D eigenvalue weighted by Gasteiger charge is 2.13. The van der Waals surface area contributed by atoms with E-state index >= 15 is 0 Å². The largest absolute Gasteiger partial charge is 0.348 e. The molecule has 0 spiro atoms. The number of hydrogen-bond donors (Lipinski definition) is 1. The number of carbonyl (C=O) groups excluding carboxylic acids is 1. The molecule has 3 aromatic rings. The van der Waals surface area contributed by atoms with Gasteiger partial charge in [-0.2, -0.15) is 5.26 Å². The van der Waals surface area contributed by atoms with Crippen LogP contribution >= 0.6 is 11.8 Å². The van der Waals surface area contributed by atoms with Crippen LogP contribution in [0, 0.1) is 11.3 Å². The summed E-state index contributed by atoms with van der Waals surface area (Å²) < 4.78 is 0. The van der Waals surface area contributed by atoms with Crippen LogP contribution < -0.4 is 5.32 Å². The molecule has 0 saturated carbocycles. The second-order valence-corrected chi connectivity index (χ2v) is 6.33. The van der Waals surface area contributed by atoms with Gasteiger partial charge in [0.2, 0.25) is 0 Å². The number of nitrogens with one attached hydrogen (secondary N) is 1. The first-order chi connectivity index (χ1) is 12.3. The zero-order valence-corrected chi connectivity index (χ0v) is 14.2. The molecule has 1 heterocycles. The Morgan fingerprint density at radius 3 is 2.44 bits per heavy atom. The highest BCUT2D eigenvalue weighted by molar-refractivity contribution is 7.99. The third-order valence-corrected chi connectivity index (χ3v) is 4.71. The first-order valence-corrected chi connectivity index (χ1v) is 8.52. The molecule has 0 aliphatic rings. The van der Waals surface area contributed by atoms with Crippen LogP contribution in [-0.4, -0.2) is 10.9 Å². The summed E-state index contributed by atoms with van der Waals surface area (Å²) in [4.78, 5) is 18.2. The summed E-state index contributed by atoms with van der Waals surface area (Å²) in [6, 6.07) is 20.7. The molecule has 0 aliphatic carbocycles. The van der Waals surface area contributed by atoms with Crippen LogP contribution in [0.25, 0.3) is 0 Å². The molecule has 0 radical (unpaired) electrons. The molecular formula is C20H15N3OS. The standard InChI is InChI=1S/C20H15N3OS/c21-13-16-5-1-3-7-18(16)25-19-8-4-2-6-17(19)20(24)23-14-15-9-11-22-12-10-15/h1-12H,14H2,(H,23,24). The van der Waals surface area contributed by atoms with Gasteiger partial charge in [0.05, 0.1) is 11.1 Å². The van der Waals surface area contributed by atoms with E-state index in [2.05, 4.69) is 16.4 Å². The van der Waals surface area contributed by atoms with E-state index in [1.54, 1.807) is 24.5 Å². The Labute approximate surface area is 150 Å². The van der Waals surface area contributed by atoms with Gasteiger partial charge in [-0.15, -0.1) is 0 Å². The minimum absolute atomic E-state index is 0.144. The summed E-state index contributed by atoms with van der Waals surface area (Å²) in [5.74, 6) is -0.144. The monoisotopic (exact) mass is 345 g/mol. The van der Waals surface area contributed by atoms with Crippen LogP contribution in [0.15, 0.2) is 82.8 Å². The van der Waals surface area contributed by atoms with E-state index in [-0.39, 0.29) is 5.91 Å². The number of amides is 1. The number of rotatable bonds is 5. The van der Waals surface area contributed by atoms with Gasteiger partial charge in [-0.3, -0.25) is 9.78 Å². The van der Waals surface area contributed by atoms with Crippen molar-refractivity contribution >= 4 is 17.7 Å². The van der Waals surface area contributed by atoms with Gasteiger partial charge in [-0.1, -0.05) is 36.0 Å². The fourth-order valence-electron chi connectivity index (χ4n) is 2.29. The summed E-state index contributed by atoms with van der Waals surface area (Å²) in [5, 5.41) is 12.2. The minimum atomic E-state index is -0.144. The highest BCUT2D eigenvalue weighted by atomic mass is 32.2. The maximum atomic E-state index is 12.6. The normalized spacial score (nSPS) is 10.0. The first kappa shape index (κ1) is 16.7. The molecule has 1 aromatic heterocycles. The van der Waals surface area contributed by atoms with Crippen LogP contribution in [0.1, 0.15) is 21.5 Å². The van der Waals surface area contributed by atoms with E-state index < -0.39 is 0 Å². The van der Waals surface area contributed by atoms with Gasteiger partial charge < -0.3 is 5.32 Å². The Balaban J connectivity index is 1.79. The average Bonchev–Trinajstić information content (AvgIpc) is 2.68. The van der Waals surface area contributed by atoms with Crippen molar-refractivity contribution in [3.05, 3.63) is 89.7 Å². The van der Waals surface area contributed by atoms with Crippen molar-refractivity contribution in [3.63, 3.8) is 0 Å². The molecule has 4 nitrogen and oxygen atoms in total. The van der Waals surface area contributed by atoms with Gasteiger partial charge in [0.1, 0.15) is 6.07 Å². The predicted octanol–water partition coefficient (Wildman–Crippen LogP) is 4.03. The highest BCUT2D eigenvalue weighted by Crippen LogP contribution is 2.32. The number of nitrogens with zero attached hydrogens (tertiary/aromatic N) is 2. The molecular weight excluding hydrogens is 330 g/mol. The Morgan fingerprint density at radius 2 is 1.68 bits per heavy atom. The fraction of sp³-hybridized carbons (Fsp3) is 0.0500. The SMILES string of the molecule is N#Cc1ccccc1Sc1ccccc1C(=O)NCc1ccncc1. The lowest BCUT2D eigenvalue weighted by molar-refractivity contribution is 0.0948. The van der Waals surface area contributed by atoms with Crippen molar-refractivity contribution in [2.45, 2.75) is 16.3 Å². The molecule has 5 heteroatoms. The molecule has 2 aromatic carbocycles. The smallest absolute Gasteiger partial charge is 0.252 e. The van der Waals surface area contributed by atoms with Crippen molar-refractivity contribution in [1.82, 2.24) is 10.3 Å². The van der Waals surface area contributed by atoms with Gasteiger partial charge >= 0.3 is 0 Å². The predicted molar refractivity (Wildman–Crippen MR) is 97.1 cm³/mol. The molecule has 0 bridgehead atoms. The number of aromatic nitrogens is 1. The second kappa shape index (κ2) is 8.13. The number of carbonyl (C=O) groups is 1. The van der Waals surface area contributed by atoms with Crippen molar-refractivity contribution in [1.29, 1.82) is 5.26 Å². The van der Waals surface area contributed by atoms with Crippen LogP contribution in [-0.2, 0) is 6.54 Å². The molecule has 1 N–H and O–H groups in total. The van der Waals surface area contributed by atoms with Gasteiger partial charge in [0, 0.05) is 28.7 Å². The van der Waals surface area contributed by atoms with Crippen molar-refractivity contribution in [2.24, 2.45) is 0 Å². The second-order valence-electron chi connectivity index (χ2n) is 5.24. The zero-order chi connectivity index (χ0) is 17.5. The molecule has 0 atom stereocenters. The molecule has 0 fully saturated rings. The third-order valence-electron chi connectivity index (χ3n) is 3.56. The number of hydrogen-bond acceptors (Lipinski definition) is 4. The Morgan fingerprint density at radius 1 is 1.00 bits per heavy atom. The van der Waals surface area contributed by atoms with Crippen LogP contribution in [0.4, 0.5) is 0 Å². The quantitative estimate of drug-likeness (QED) is 0.758. The maximum absolute atomic E-state index is 12.6. The summed E-state index contributed by atoms with van der Waals surface area (Å²) in [6.45, 7) is 0.440. The van der Waals surface area contributed by atoms with Crippen molar-refractivity contribution < 1.29 is 4.79 Å². The zero-order valence-electron chi connectivity index (χ0n) is 13.3. The molecule has 0 saturated heterocycles. The van der Waals surface area contributed by atoms with E-state index in [0.717, 1.165) is 15.4 Å². The van der Waals surface area contributed by atoms with Gasteiger partial charge in [0.25, 0.3) is 5.91 Å². The molecule has 3 rings (SSSR count). The lowest BCUT2D eigenvalue weighted by Crippen LogP contribution is -2.23. The minimum Gasteiger partial charge on any atom is -0.348 e. The Bertz CT molecular complexity index is 919. The van der Waals surface area contributed by atoms with Crippen LogP contribution in [0.5, 0.6) is 0 Å². The lowest BCUT2D eigenvalue weighted by Gasteiger charge is -2.10. The van der Waals surface area contributed by atoms with Gasteiger partial charge in [-0.05, 0) is 42.0 Å². The number of benzene rings is 2. The fourth-order valence-corrected chi connectivity index (χ4v) is 3.31. The first-order valence-electron chi connectivity index (χ1n) is 7.71. The lowest BCUT2D eigenvalue weighted by atomic mass is 10.2. The van der Waals surface area contributed by atoms with Crippen molar-refractivity contribution in [3.8, 4) is 6.07 Å². The average molecular weight is 345 g/mol. The Hall–Kier alpha value is -3.10. The summed E-state index contributed by atoms with van der Waals surface area (Å²) in [5.41, 5.74) is 2.18. The summed E-state index contributed by atoms with van der Waals surface area (Å²) in [7, 11) is 0. The number of pyridine rings is 1. The van der Waals surface area contributed by atoms with E-state index in [1.807, 2.05) is 48.5 Å². The van der Waals surface area contributed by atoms with Gasteiger partial charge in [-0.25, -0.2) is 0 Å². The molecule has 1 amide bonds. The van der Waals surface area contributed by atoms with Crippen LogP contribution in [0.3, 0.4) is 0 Å². The summed E-state index contributed by atoms with van der Waals surface area (Å²) >= 11 is 1.42. The van der Waals surface area contributed by atoms with E-state index in [1.165, 1.54) is 11.8 Å². The van der Waals surface area contributed by atoms with Gasteiger partial charge in [0.15, 0.2) is 0 Å². The van der Waals surface area contributed by atoms with E-state index in [0.29, 0.717) is 17.7 Å². The van der Waals surface area contributed by atoms with E-state index in [9.17, 15) is 10.1 Å². The van der Waals surface area contributed by atoms with E-state index in [4.69, 9.17) is 0 Å². The van der Waals surface area contributed by atoms with Crippen molar-refractivity contribution in [2.75, 3.05) is 0 Å². The number of nitriles is 1. The molecule has 0 aliphatic heterocycles. The molecule has 122 valence electrons. The maximum Gasteiger partial charge on any atom is 0.252 e. The topological polar surface area (TPSA) is 65.8 Å². The van der Waals surface area contributed by atoms with Crippen LogP contribution in [0.2, 0.25) is 0 Å². The third kappa shape index (κ3) is 4.25. The summed E-state index contributed by atoms with van der Waals surface area (Å²) in [6.07, 6.45) is 3.40. The Kier molecular flexibility index (Phi) is 5.45. The molecule has 25 heavy (non-hydrogen) atoms. The molecule has 0 unspecified atom stereocenters.